The van der Waals surface area contributed by atoms with Crippen LogP contribution in [0.15, 0.2) is 0 Å². The van der Waals surface area contributed by atoms with Gasteiger partial charge in [0, 0.05) is 12.0 Å². The highest BCUT2D eigenvalue weighted by atomic mass is 16.6. The Bertz CT molecular complexity index is 446. The predicted octanol–water partition coefficient (Wildman–Crippen LogP) is 2.35. The number of nitrogens with one attached hydrogen (secondary N) is 2. The van der Waals surface area contributed by atoms with Gasteiger partial charge in [0.15, 0.2) is 0 Å². The summed E-state index contributed by atoms with van der Waals surface area (Å²) >= 11 is 0. The molecule has 0 aromatic heterocycles. The standard InChI is InChI=1S/C17H32N2O4/c1-15(2,3)23-14(21)18-12-9-8-11(10-12)13(20)19-16(4,5)17(6,7)22/h11-12,22H,8-10H2,1-7H3,(H,18,21)(H,19,20). The molecule has 6 nitrogen and oxygen atoms in total. The molecule has 2 atom stereocenters. The van der Waals surface area contributed by atoms with Gasteiger partial charge in [-0.3, -0.25) is 4.79 Å². The summed E-state index contributed by atoms with van der Waals surface area (Å²) in [4.78, 5) is 24.2. The number of carbonyl (C=O) groups excluding carboxylic acids is 2. The van der Waals surface area contributed by atoms with Gasteiger partial charge in [0.1, 0.15) is 5.60 Å². The summed E-state index contributed by atoms with van der Waals surface area (Å²) in [7, 11) is 0. The molecular formula is C17H32N2O4. The van der Waals surface area contributed by atoms with Crippen molar-refractivity contribution in [2.24, 2.45) is 5.92 Å². The molecule has 0 aliphatic heterocycles. The molecule has 0 bridgehead atoms. The van der Waals surface area contributed by atoms with Crippen molar-refractivity contribution < 1.29 is 19.4 Å². The number of ether oxygens (including phenoxy) is 1. The van der Waals surface area contributed by atoms with Gasteiger partial charge < -0.3 is 20.5 Å². The van der Waals surface area contributed by atoms with E-state index >= 15 is 0 Å². The molecule has 1 fully saturated rings. The van der Waals surface area contributed by atoms with E-state index in [4.69, 9.17) is 4.74 Å². The summed E-state index contributed by atoms with van der Waals surface area (Å²) in [5.41, 5.74) is -2.27. The van der Waals surface area contributed by atoms with Crippen LogP contribution in [-0.2, 0) is 9.53 Å². The van der Waals surface area contributed by atoms with E-state index in [2.05, 4.69) is 10.6 Å². The van der Waals surface area contributed by atoms with E-state index < -0.39 is 22.8 Å². The zero-order chi connectivity index (χ0) is 18.1. The summed E-state index contributed by atoms with van der Waals surface area (Å²) in [5, 5.41) is 15.9. The van der Waals surface area contributed by atoms with E-state index in [1.807, 2.05) is 20.8 Å². The number of amides is 2. The highest BCUT2D eigenvalue weighted by Crippen LogP contribution is 2.28. The molecule has 0 saturated heterocycles. The van der Waals surface area contributed by atoms with Crippen LogP contribution in [0.4, 0.5) is 4.79 Å². The third-order valence-electron chi connectivity index (χ3n) is 4.49. The van der Waals surface area contributed by atoms with Gasteiger partial charge in [0.05, 0.1) is 11.1 Å². The first-order valence-electron chi connectivity index (χ1n) is 8.25. The largest absolute Gasteiger partial charge is 0.444 e. The van der Waals surface area contributed by atoms with Crippen LogP contribution >= 0.6 is 0 Å². The Morgan fingerprint density at radius 3 is 2.09 bits per heavy atom. The lowest BCUT2D eigenvalue weighted by Crippen LogP contribution is -2.58. The smallest absolute Gasteiger partial charge is 0.407 e. The van der Waals surface area contributed by atoms with Gasteiger partial charge >= 0.3 is 6.09 Å². The first-order valence-corrected chi connectivity index (χ1v) is 8.25. The van der Waals surface area contributed by atoms with Crippen molar-refractivity contribution in [3.63, 3.8) is 0 Å². The molecule has 0 spiro atoms. The van der Waals surface area contributed by atoms with Gasteiger partial charge in [-0.05, 0) is 67.7 Å². The van der Waals surface area contributed by atoms with Crippen molar-refractivity contribution in [2.45, 2.75) is 90.5 Å². The van der Waals surface area contributed by atoms with Crippen molar-refractivity contribution >= 4 is 12.0 Å². The SMILES string of the molecule is CC(C)(C)OC(=O)NC1CCC(C(=O)NC(C)(C)C(C)(C)O)C1. The Hall–Kier alpha value is -1.30. The Morgan fingerprint density at radius 1 is 1.04 bits per heavy atom. The molecule has 2 amide bonds. The predicted molar refractivity (Wildman–Crippen MR) is 89.0 cm³/mol. The summed E-state index contributed by atoms with van der Waals surface area (Å²) in [6.07, 6.45) is 1.61. The van der Waals surface area contributed by atoms with Crippen LogP contribution in [0.3, 0.4) is 0 Å². The average Bonchev–Trinajstić information content (AvgIpc) is 2.72. The average molecular weight is 328 g/mol. The van der Waals surface area contributed by atoms with E-state index in [0.717, 1.165) is 6.42 Å². The Morgan fingerprint density at radius 2 is 1.61 bits per heavy atom. The number of alkyl carbamates (subject to hydrolysis) is 1. The van der Waals surface area contributed by atoms with Crippen LogP contribution in [0, 0.1) is 5.92 Å². The van der Waals surface area contributed by atoms with Gasteiger partial charge in [-0.15, -0.1) is 0 Å². The number of aliphatic hydroxyl groups is 1. The van der Waals surface area contributed by atoms with Crippen LogP contribution in [0.1, 0.15) is 67.7 Å². The van der Waals surface area contributed by atoms with Crippen molar-refractivity contribution in [3.8, 4) is 0 Å². The number of rotatable bonds is 4. The van der Waals surface area contributed by atoms with E-state index in [9.17, 15) is 14.7 Å². The lowest BCUT2D eigenvalue weighted by molar-refractivity contribution is -0.130. The lowest BCUT2D eigenvalue weighted by atomic mass is 9.85. The van der Waals surface area contributed by atoms with E-state index in [0.29, 0.717) is 12.8 Å². The van der Waals surface area contributed by atoms with Crippen LogP contribution in [0.2, 0.25) is 0 Å². The zero-order valence-electron chi connectivity index (χ0n) is 15.4. The molecule has 1 aliphatic carbocycles. The second kappa shape index (κ2) is 6.67. The highest BCUT2D eigenvalue weighted by Gasteiger charge is 2.39. The zero-order valence-corrected chi connectivity index (χ0v) is 15.4. The van der Waals surface area contributed by atoms with E-state index in [1.54, 1.807) is 27.7 Å². The molecular weight excluding hydrogens is 296 g/mol. The van der Waals surface area contributed by atoms with Crippen LogP contribution < -0.4 is 10.6 Å². The third-order valence-corrected chi connectivity index (χ3v) is 4.49. The molecule has 2 unspecified atom stereocenters. The lowest BCUT2D eigenvalue weighted by Gasteiger charge is -2.38. The summed E-state index contributed by atoms with van der Waals surface area (Å²) in [6, 6.07) is -0.0501. The fourth-order valence-corrected chi connectivity index (χ4v) is 2.39. The molecule has 0 aromatic carbocycles. The van der Waals surface area contributed by atoms with Crippen LogP contribution in [-0.4, -0.2) is 39.9 Å². The van der Waals surface area contributed by atoms with E-state index in [-0.39, 0.29) is 17.9 Å². The summed E-state index contributed by atoms with van der Waals surface area (Å²) < 4.78 is 5.24. The summed E-state index contributed by atoms with van der Waals surface area (Å²) in [6.45, 7) is 12.4. The normalized spacial score (nSPS) is 22.6. The molecule has 23 heavy (non-hydrogen) atoms. The number of hydrogen-bond acceptors (Lipinski definition) is 4. The topological polar surface area (TPSA) is 87.7 Å². The van der Waals surface area contributed by atoms with Gasteiger partial charge in [-0.2, -0.15) is 0 Å². The fraction of sp³-hybridized carbons (Fsp3) is 0.882. The quantitative estimate of drug-likeness (QED) is 0.739. The van der Waals surface area contributed by atoms with Crippen molar-refractivity contribution in [1.29, 1.82) is 0 Å². The van der Waals surface area contributed by atoms with E-state index in [1.165, 1.54) is 0 Å². The first-order chi connectivity index (χ1) is 10.2. The molecule has 0 aromatic rings. The maximum atomic E-state index is 12.4. The second-order valence-corrected chi connectivity index (χ2v) is 8.53. The second-order valence-electron chi connectivity index (χ2n) is 8.53. The molecule has 6 heteroatoms. The fourth-order valence-electron chi connectivity index (χ4n) is 2.39. The van der Waals surface area contributed by atoms with Crippen molar-refractivity contribution in [3.05, 3.63) is 0 Å². The molecule has 0 radical (unpaired) electrons. The van der Waals surface area contributed by atoms with Crippen molar-refractivity contribution in [1.82, 2.24) is 10.6 Å². The maximum absolute atomic E-state index is 12.4. The third kappa shape index (κ3) is 6.01. The Kier molecular flexibility index (Phi) is 5.73. The van der Waals surface area contributed by atoms with Gasteiger partial charge in [0.25, 0.3) is 0 Å². The first kappa shape index (κ1) is 19.7. The highest BCUT2D eigenvalue weighted by molar-refractivity contribution is 5.80. The molecule has 0 heterocycles. The van der Waals surface area contributed by atoms with Crippen LogP contribution in [0.25, 0.3) is 0 Å². The minimum absolute atomic E-state index is 0.0501. The molecule has 1 aliphatic rings. The van der Waals surface area contributed by atoms with Gasteiger partial charge in [0.2, 0.25) is 5.91 Å². The summed E-state index contributed by atoms with van der Waals surface area (Å²) in [5.74, 6) is -0.234. The Balaban J connectivity index is 2.51. The minimum Gasteiger partial charge on any atom is -0.444 e. The Labute approximate surface area is 139 Å². The van der Waals surface area contributed by atoms with Crippen LogP contribution in [0.5, 0.6) is 0 Å². The van der Waals surface area contributed by atoms with Crippen molar-refractivity contribution in [2.75, 3.05) is 0 Å². The monoisotopic (exact) mass is 328 g/mol. The molecule has 134 valence electrons. The van der Waals surface area contributed by atoms with Gasteiger partial charge in [-0.1, -0.05) is 0 Å². The maximum Gasteiger partial charge on any atom is 0.407 e. The minimum atomic E-state index is -1.02. The number of carbonyl (C=O) groups is 2. The number of hydrogen-bond donors (Lipinski definition) is 3. The van der Waals surface area contributed by atoms with Gasteiger partial charge in [-0.25, -0.2) is 4.79 Å². The molecule has 1 rings (SSSR count). The molecule has 1 saturated carbocycles. The molecule has 3 N–H and O–H groups in total.